The maximum Gasteiger partial charge on any atom is 0.265 e. The highest BCUT2D eigenvalue weighted by Crippen LogP contribution is 2.37. The second-order valence-electron chi connectivity index (χ2n) is 5.90. The molecule has 25 heavy (non-hydrogen) atoms. The van der Waals surface area contributed by atoms with Crippen LogP contribution in [0.3, 0.4) is 0 Å². The number of rotatable bonds is 4. The summed E-state index contributed by atoms with van der Waals surface area (Å²) in [4.78, 5) is 1.56. The summed E-state index contributed by atoms with van der Waals surface area (Å²) in [6.45, 7) is 1.57. The van der Waals surface area contributed by atoms with Crippen LogP contribution in [0.2, 0.25) is 0 Å². The van der Waals surface area contributed by atoms with Gasteiger partial charge in [-0.3, -0.25) is 4.72 Å². The first kappa shape index (κ1) is 18.0. The van der Waals surface area contributed by atoms with Crippen LogP contribution >= 0.6 is 15.9 Å². The molecule has 0 radical (unpaired) electrons. The standard InChI is InChI=1S/C17H18BrFN2O3S/c18-12-7-8-16(13(19)11-12)25(23,24)20-17-14(5-4-6-15(17)22)21-9-2-1-3-10-21/h4-8,11,20,22H,1-3,9-10H2. The summed E-state index contributed by atoms with van der Waals surface area (Å²) < 4.78 is 42.1. The normalized spacial score (nSPS) is 15.2. The van der Waals surface area contributed by atoms with Crippen molar-refractivity contribution in [3.05, 3.63) is 46.7 Å². The van der Waals surface area contributed by atoms with Crippen molar-refractivity contribution in [2.45, 2.75) is 24.2 Å². The maximum absolute atomic E-state index is 14.1. The molecule has 1 fully saturated rings. The predicted octanol–water partition coefficient (Wildman–Crippen LogP) is 4.08. The number of para-hydroxylation sites is 1. The molecule has 1 heterocycles. The molecule has 0 spiro atoms. The van der Waals surface area contributed by atoms with Gasteiger partial charge < -0.3 is 10.0 Å². The van der Waals surface area contributed by atoms with Crippen molar-refractivity contribution < 1.29 is 17.9 Å². The van der Waals surface area contributed by atoms with Gasteiger partial charge >= 0.3 is 0 Å². The highest BCUT2D eigenvalue weighted by molar-refractivity contribution is 9.10. The lowest BCUT2D eigenvalue weighted by Crippen LogP contribution is -2.30. The smallest absolute Gasteiger partial charge is 0.265 e. The van der Waals surface area contributed by atoms with Crippen molar-refractivity contribution in [3.8, 4) is 5.75 Å². The Morgan fingerprint density at radius 1 is 1.12 bits per heavy atom. The maximum atomic E-state index is 14.1. The fourth-order valence-corrected chi connectivity index (χ4v) is 4.40. The lowest BCUT2D eigenvalue weighted by molar-refractivity contribution is 0.477. The number of piperidine rings is 1. The zero-order valence-corrected chi connectivity index (χ0v) is 15.8. The monoisotopic (exact) mass is 428 g/mol. The van der Waals surface area contributed by atoms with Crippen LogP contribution in [-0.4, -0.2) is 26.6 Å². The van der Waals surface area contributed by atoms with E-state index in [-0.39, 0.29) is 11.4 Å². The molecule has 1 aliphatic rings. The molecule has 0 saturated carbocycles. The Bertz CT molecular complexity index is 883. The third-order valence-corrected chi connectivity index (χ3v) is 6.01. The molecule has 5 nitrogen and oxygen atoms in total. The van der Waals surface area contributed by atoms with Gasteiger partial charge in [-0.15, -0.1) is 0 Å². The number of hydrogen-bond donors (Lipinski definition) is 2. The molecule has 0 unspecified atom stereocenters. The van der Waals surface area contributed by atoms with E-state index in [1.807, 2.05) is 4.90 Å². The zero-order valence-electron chi connectivity index (χ0n) is 13.4. The van der Waals surface area contributed by atoms with Crippen LogP contribution in [-0.2, 0) is 10.0 Å². The lowest BCUT2D eigenvalue weighted by Gasteiger charge is -2.30. The van der Waals surface area contributed by atoms with Crippen LogP contribution in [0.4, 0.5) is 15.8 Å². The van der Waals surface area contributed by atoms with Gasteiger partial charge in [0.15, 0.2) is 0 Å². The molecule has 8 heteroatoms. The first-order valence-electron chi connectivity index (χ1n) is 7.93. The number of phenolic OH excluding ortho intramolecular Hbond substituents is 1. The van der Waals surface area contributed by atoms with E-state index < -0.39 is 20.7 Å². The van der Waals surface area contributed by atoms with Gasteiger partial charge in [0.05, 0.1) is 5.69 Å². The van der Waals surface area contributed by atoms with E-state index in [2.05, 4.69) is 20.7 Å². The van der Waals surface area contributed by atoms with E-state index in [0.29, 0.717) is 10.2 Å². The number of phenols is 1. The molecule has 1 aliphatic heterocycles. The molecule has 2 aromatic rings. The minimum atomic E-state index is -4.18. The molecule has 0 atom stereocenters. The first-order valence-corrected chi connectivity index (χ1v) is 10.2. The summed E-state index contributed by atoms with van der Waals surface area (Å²) in [6, 6.07) is 8.54. The SMILES string of the molecule is O=S(=O)(Nc1c(O)cccc1N1CCCCC1)c1ccc(Br)cc1F. The lowest BCUT2D eigenvalue weighted by atomic mass is 10.1. The Balaban J connectivity index is 1.99. The summed E-state index contributed by atoms with van der Waals surface area (Å²) in [7, 11) is -4.18. The number of benzene rings is 2. The Hall–Kier alpha value is -1.80. The van der Waals surface area contributed by atoms with Crippen LogP contribution < -0.4 is 9.62 Å². The van der Waals surface area contributed by atoms with Gasteiger partial charge in [0.2, 0.25) is 0 Å². The van der Waals surface area contributed by atoms with Crippen molar-refractivity contribution >= 4 is 37.3 Å². The largest absolute Gasteiger partial charge is 0.506 e. The van der Waals surface area contributed by atoms with E-state index in [9.17, 15) is 17.9 Å². The summed E-state index contributed by atoms with van der Waals surface area (Å²) in [5.41, 5.74) is 0.674. The number of aromatic hydroxyl groups is 1. The fraction of sp³-hybridized carbons (Fsp3) is 0.294. The van der Waals surface area contributed by atoms with Crippen LogP contribution in [0.15, 0.2) is 45.8 Å². The molecular weight excluding hydrogens is 411 g/mol. The van der Waals surface area contributed by atoms with Gasteiger partial charge in [-0.1, -0.05) is 22.0 Å². The second-order valence-corrected chi connectivity index (χ2v) is 8.47. The van der Waals surface area contributed by atoms with Gasteiger partial charge in [-0.25, -0.2) is 12.8 Å². The Morgan fingerprint density at radius 2 is 1.84 bits per heavy atom. The highest BCUT2D eigenvalue weighted by Gasteiger charge is 2.24. The summed E-state index contributed by atoms with van der Waals surface area (Å²) in [5.74, 6) is -1.05. The first-order chi connectivity index (χ1) is 11.9. The van der Waals surface area contributed by atoms with Crippen LogP contribution in [0.1, 0.15) is 19.3 Å². The Kier molecular flexibility index (Phi) is 5.19. The third-order valence-electron chi connectivity index (χ3n) is 4.14. The molecule has 0 bridgehead atoms. The van der Waals surface area contributed by atoms with Gasteiger partial charge in [-0.2, -0.15) is 0 Å². The number of hydrogen-bond acceptors (Lipinski definition) is 4. The Labute approximate surface area is 154 Å². The van der Waals surface area contributed by atoms with Crippen LogP contribution in [0, 0.1) is 5.82 Å². The van der Waals surface area contributed by atoms with Crippen molar-refractivity contribution in [1.82, 2.24) is 0 Å². The van der Waals surface area contributed by atoms with Crippen LogP contribution in [0.25, 0.3) is 0 Å². The van der Waals surface area contributed by atoms with E-state index in [1.165, 1.54) is 18.2 Å². The fourth-order valence-electron chi connectivity index (χ4n) is 2.91. The molecular formula is C17H18BrFN2O3S. The molecule has 1 saturated heterocycles. The molecule has 0 aliphatic carbocycles. The molecule has 2 aromatic carbocycles. The quantitative estimate of drug-likeness (QED) is 0.719. The number of halogens is 2. The summed E-state index contributed by atoms with van der Waals surface area (Å²) in [5, 5.41) is 10.2. The van der Waals surface area contributed by atoms with Gasteiger partial charge in [0.25, 0.3) is 10.0 Å². The second kappa shape index (κ2) is 7.21. The van der Waals surface area contributed by atoms with E-state index in [0.717, 1.165) is 38.4 Å². The third kappa shape index (κ3) is 3.90. The van der Waals surface area contributed by atoms with Crippen molar-refractivity contribution in [3.63, 3.8) is 0 Å². The van der Waals surface area contributed by atoms with Gasteiger partial charge in [-0.05, 0) is 49.6 Å². The Morgan fingerprint density at radius 3 is 2.52 bits per heavy atom. The highest BCUT2D eigenvalue weighted by atomic mass is 79.9. The average Bonchev–Trinajstić information content (AvgIpc) is 2.57. The van der Waals surface area contributed by atoms with Crippen molar-refractivity contribution in [1.29, 1.82) is 0 Å². The van der Waals surface area contributed by atoms with Crippen molar-refractivity contribution in [2.75, 3.05) is 22.7 Å². The number of nitrogens with one attached hydrogen (secondary N) is 1. The number of anilines is 2. The van der Waals surface area contributed by atoms with Crippen LogP contribution in [0.5, 0.6) is 5.75 Å². The van der Waals surface area contributed by atoms with E-state index in [1.54, 1.807) is 12.1 Å². The van der Waals surface area contributed by atoms with E-state index in [4.69, 9.17) is 0 Å². The minimum absolute atomic E-state index is 0.0757. The summed E-state index contributed by atoms with van der Waals surface area (Å²) in [6.07, 6.45) is 3.13. The van der Waals surface area contributed by atoms with E-state index >= 15 is 0 Å². The van der Waals surface area contributed by atoms with Gasteiger partial charge in [0.1, 0.15) is 22.1 Å². The molecule has 0 amide bonds. The topological polar surface area (TPSA) is 69.6 Å². The number of nitrogens with zero attached hydrogens (tertiary/aromatic N) is 1. The minimum Gasteiger partial charge on any atom is -0.506 e. The molecule has 2 N–H and O–H groups in total. The average molecular weight is 429 g/mol. The zero-order chi connectivity index (χ0) is 18.0. The molecule has 134 valence electrons. The van der Waals surface area contributed by atoms with Gasteiger partial charge in [0, 0.05) is 17.6 Å². The molecule has 3 rings (SSSR count). The molecule has 0 aromatic heterocycles. The number of sulfonamides is 1. The van der Waals surface area contributed by atoms with Crippen molar-refractivity contribution in [2.24, 2.45) is 0 Å². The predicted molar refractivity (Wildman–Crippen MR) is 99.1 cm³/mol. The summed E-state index contributed by atoms with van der Waals surface area (Å²) >= 11 is 3.10.